The highest BCUT2D eigenvalue weighted by molar-refractivity contribution is 6.03. The Bertz CT molecular complexity index is 665. The monoisotopic (exact) mass is 425 g/mol. The van der Waals surface area contributed by atoms with Gasteiger partial charge in [-0.05, 0) is 31.4 Å². The molecule has 8 nitrogen and oxygen atoms in total. The molecule has 29 heavy (non-hydrogen) atoms. The van der Waals surface area contributed by atoms with E-state index in [4.69, 9.17) is 5.73 Å². The van der Waals surface area contributed by atoms with Gasteiger partial charge in [0.1, 0.15) is 0 Å². The molecule has 1 aliphatic rings. The number of benzene rings is 1. The fraction of sp³-hybridized carbons (Fsp3) is 0.550. The van der Waals surface area contributed by atoms with Crippen molar-refractivity contribution in [1.82, 2.24) is 16.0 Å². The Morgan fingerprint density at radius 2 is 1.72 bits per heavy atom. The Hall–Kier alpha value is -2.32. The van der Waals surface area contributed by atoms with Crippen LogP contribution in [0, 0.1) is 0 Å². The van der Waals surface area contributed by atoms with Gasteiger partial charge >= 0.3 is 6.03 Å². The van der Waals surface area contributed by atoms with Crippen LogP contribution in [0.1, 0.15) is 55.3 Å². The second-order valence-electron chi connectivity index (χ2n) is 6.98. The normalized spacial score (nSPS) is 13.7. The molecule has 0 aromatic heterocycles. The minimum Gasteiger partial charge on any atom is -0.351 e. The summed E-state index contributed by atoms with van der Waals surface area (Å²) in [6.45, 7) is 1.14. The zero-order valence-electron chi connectivity index (χ0n) is 16.7. The van der Waals surface area contributed by atoms with E-state index in [-0.39, 0.29) is 42.7 Å². The first-order chi connectivity index (χ1) is 13.6. The molecule has 6 N–H and O–H groups in total. The van der Waals surface area contributed by atoms with Gasteiger partial charge in [-0.25, -0.2) is 4.79 Å². The maximum atomic E-state index is 12.2. The molecule has 0 bridgehead atoms. The van der Waals surface area contributed by atoms with Gasteiger partial charge in [0.15, 0.2) is 0 Å². The summed E-state index contributed by atoms with van der Waals surface area (Å²) in [5.74, 6) is -0.476. The highest BCUT2D eigenvalue weighted by atomic mass is 35.5. The molecule has 162 valence electrons. The van der Waals surface area contributed by atoms with Gasteiger partial charge in [0.05, 0.1) is 11.3 Å². The standard InChI is InChI=1S/C20H31N5O3.ClH/c21-12-14-22-19(27)16-9-4-5-10-17(16)25-18(26)11-6-13-23-20(28)24-15-7-2-1-3-8-15;/h4-5,9-10,15H,1-3,6-8,11-14,21H2,(H,22,27)(H,25,26)(H2,23,24,28);1H. The molecule has 2 rings (SSSR count). The van der Waals surface area contributed by atoms with Gasteiger partial charge in [0, 0.05) is 32.1 Å². The summed E-state index contributed by atoms with van der Waals surface area (Å²) in [6.07, 6.45) is 6.41. The summed E-state index contributed by atoms with van der Waals surface area (Å²) in [5.41, 5.74) is 6.26. The van der Waals surface area contributed by atoms with E-state index in [1.165, 1.54) is 6.42 Å². The van der Waals surface area contributed by atoms with Crippen LogP contribution in [0.4, 0.5) is 10.5 Å². The van der Waals surface area contributed by atoms with Crippen LogP contribution >= 0.6 is 12.4 Å². The van der Waals surface area contributed by atoms with Crippen LogP contribution < -0.4 is 27.0 Å². The summed E-state index contributed by atoms with van der Waals surface area (Å²) >= 11 is 0. The number of carbonyl (C=O) groups is 3. The number of amides is 4. The number of halogens is 1. The molecule has 4 amide bonds. The number of carbonyl (C=O) groups excluding carboxylic acids is 3. The summed E-state index contributed by atoms with van der Waals surface area (Å²) in [7, 11) is 0. The second kappa shape index (κ2) is 13.8. The zero-order valence-corrected chi connectivity index (χ0v) is 17.5. The Morgan fingerprint density at radius 3 is 2.45 bits per heavy atom. The van der Waals surface area contributed by atoms with E-state index in [0.29, 0.717) is 37.3 Å². The van der Waals surface area contributed by atoms with Crippen LogP contribution in [0.25, 0.3) is 0 Å². The van der Waals surface area contributed by atoms with Crippen LogP contribution in [0.15, 0.2) is 24.3 Å². The molecule has 0 atom stereocenters. The van der Waals surface area contributed by atoms with Crippen molar-refractivity contribution in [2.24, 2.45) is 5.73 Å². The fourth-order valence-electron chi connectivity index (χ4n) is 3.22. The maximum absolute atomic E-state index is 12.2. The quantitative estimate of drug-likeness (QED) is 0.388. The number of hydrogen-bond acceptors (Lipinski definition) is 4. The van der Waals surface area contributed by atoms with Crippen LogP contribution in [0.5, 0.6) is 0 Å². The number of rotatable bonds is 9. The van der Waals surface area contributed by atoms with Crippen molar-refractivity contribution in [2.45, 2.75) is 51.0 Å². The first-order valence-electron chi connectivity index (χ1n) is 10.0. The van der Waals surface area contributed by atoms with Gasteiger partial charge in [-0.15, -0.1) is 12.4 Å². The molecule has 0 radical (unpaired) electrons. The van der Waals surface area contributed by atoms with Gasteiger partial charge < -0.3 is 27.0 Å². The number of urea groups is 1. The SMILES string of the molecule is Cl.NCCNC(=O)c1ccccc1NC(=O)CCCNC(=O)NC1CCCCC1. The molecule has 1 aromatic rings. The largest absolute Gasteiger partial charge is 0.351 e. The molecule has 0 spiro atoms. The fourth-order valence-corrected chi connectivity index (χ4v) is 3.22. The Balaban J connectivity index is 0.00000420. The number of para-hydroxylation sites is 1. The third kappa shape index (κ3) is 9.15. The molecular formula is C20H32ClN5O3. The number of nitrogens with one attached hydrogen (secondary N) is 4. The van der Waals surface area contributed by atoms with E-state index in [9.17, 15) is 14.4 Å². The minimum absolute atomic E-state index is 0. The van der Waals surface area contributed by atoms with Gasteiger partial charge in [-0.2, -0.15) is 0 Å². The molecule has 1 aliphatic carbocycles. The molecule has 9 heteroatoms. The summed E-state index contributed by atoms with van der Waals surface area (Å²) in [5, 5.41) is 11.2. The van der Waals surface area contributed by atoms with Crippen LogP contribution in [0.2, 0.25) is 0 Å². The van der Waals surface area contributed by atoms with Crippen molar-refractivity contribution < 1.29 is 14.4 Å². The lowest BCUT2D eigenvalue weighted by Crippen LogP contribution is -2.43. The van der Waals surface area contributed by atoms with Crippen LogP contribution in [0.3, 0.4) is 0 Å². The Kier molecular flexibility index (Phi) is 11.8. The van der Waals surface area contributed by atoms with E-state index in [1.54, 1.807) is 24.3 Å². The van der Waals surface area contributed by atoms with Crippen molar-refractivity contribution in [3.8, 4) is 0 Å². The summed E-state index contributed by atoms with van der Waals surface area (Å²) in [6, 6.07) is 6.92. The third-order valence-corrected chi connectivity index (χ3v) is 4.68. The minimum atomic E-state index is -0.276. The van der Waals surface area contributed by atoms with Crippen molar-refractivity contribution in [2.75, 3.05) is 25.0 Å². The van der Waals surface area contributed by atoms with Crippen LogP contribution in [-0.2, 0) is 4.79 Å². The van der Waals surface area contributed by atoms with E-state index < -0.39 is 0 Å². The van der Waals surface area contributed by atoms with Gasteiger partial charge in [-0.1, -0.05) is 31.4 Å². The average Bonchev–Trinajstić information content (AvgIpc) is 2.70. The molecular weight excluding hydrogens is 394 g/mol. The first-order valence-corrected chi connectivity index (χ1v) is 10.0. The number of nitrogens with two attached hydrogens (primary N) is 1. The Morgan fingerprint density at radius 1 is 1.00 bits per heavy atom. The Labute approximate surface area is 178 Å². The second-order valence-corrected chi connectivity index (χ2v) is 6.98. The lowest BCUT2D eigenvalue weighted by atomic mass is 9.96. The maximum Gasteiger partial charge on any atom is 0.315 e. The molecule has 0 saturated heterocycles. The lowest BCUT2D eigenvalue weighted by molar-refractivity contribution is -0.116. The van der Waals surface area contributed by atoms with Crippen molar-refractivity contribution in [3.63, 3.8) is 0 Å². The van der Waals surface area contributed by atoms with E-state index in [0.717, 1.165) is 25.7 Å². The van der Waals surface area contributed by atoms with E-state index in [2.05, 4.69) is 21.3 Å². The summed E-state index contributed by atoms with van der Waals surface area (Å²) in [4.78, 5) is 36.2. The van der Waals surface area contributed by atoms with Crippen LogP contribution in [-0.4, -0.2) is 43.5 Å². The van der Waals surface area contributed by atoms with Gasteiger partial charge in [0.25, 0.3) is 5.91 Å². The van der Waals surface area contributed by atoms with Gasteiger partial charge in [-0.3, -0.25) is 9.59 Å². The molecule has 1 fully saturated rings. The van der Waals surface area contributed by atoms with Crippen molar-refractivity contribution in [1.29, 1.82) is 0 Å². The first kappa shape index (κ1) is 24.7. The predicted octanol–water partition coefficient (Wildman–Crippen LogP) is 2.15. The summed E-state index contributed by atoms with van der Waals surface area (Å²) < 4.78 is 0. The molecule has 0 aliphatic heterocycles. The average molecular weight is 426 g/mol. The topological polar surface area (TPSA) is 125 Å². The van der Waals surface area contributed by atoms with Crippen molar-refractivity contribution in [3.05, 3.63) is 29.8 Å². The van der Waals surface area contributed by atoms with E-state index in [1.807, 2.05) is 0 Å². The molecule has 0 heterocycles. The predicted molar refractivity (Wildman–Crippen MR) is 116 cm³/mol. The van der Waals surface area contributed by atoms with Crippen molar-refractivity contribution >= 4 is 35.9 Å². The lowest BCUT2D eigenvalue weighted by Gasteiger charge is -2.22. The highest BCUT2D eigenvalue weighted by Crippen LogP contribution is 2.17. The molecule has 1 saturated carbocycles. The zero-order chi connectivity index (χ0) is 20.2. The number of hydrogen-bond donors (Lipinski definition) is 5. The third-order valence-electron chi connectivity index (χ3n) is 4.68. The molecule has 0 unspecified atom stereocenters. The highest BCUT2D eigenvalue weighted by Gasteiger charge is 2.15. The van der Waals surface area contributed by atoms with E-state index >= 15 is 0 Å². The smallest absolute Gasteiger partial charge is 0.315 e. The van der Waals surface area contributed by atoms with Gasteiger partial charge in [0.2, 0.25) is 5.91 Å². The number of anilines is 1. The molecule has 1 aromatic carbocycles.